The van der Waals surface area contributed by atoms with Crippen LogP contribution in [0, 0.1) is 12.3 Å². The van der Waals surface area contributed by atoms with Crippen molar-refractivity contribution in [3.8, 4) is 12.3 Å². The molecule has 0 aromatic carbocycles. The van der Waals surface area contributed by atoms with Crippen molar-refractivity contribution in [2.24, 2.45) is 4.99 Å². The molecule has 0 radical (unpaired) electrons. The lowest BCUT2D eigenvalue weighted by Crippen LogP contribution is -2.27. The fraction of sp³-hybridized carbons (Fsp3) is 0.688. The van der Waals surface area contributed by atoms with Crippen molar-refractivity contribution >= 4 is 12.4 Å². The second kappa shape index (κ2) is 35.5. The highest BCUT2D eigenvalue weighted by Crippen LogP contribution is 2.20. The predicted octanol–water partition coefficient (Wildman–Crippen LogP) is 7.87. The van der Waals surface area contributed by atoms with E-state index in [0.29, 0.717) is 25.7 Å². The zero-order chi connectivity index (χ0) is 33.9. The van der Waals surface area contributed by atoms with Crippen LogP contribution in [0.1, 0.15) is 92.9 Å². The molecule has 0 heterocycles. The van der Waals surface area contributed by atoms with Gasteiger partial charge in [-0.2, -0.15) is 0 Å². The van der Waals surface area contributed by atoms with Gasteiger partial charge in [0.05, 0.1) is 38.7 Å². The number of nitrogens with zero attached hydrogens (tertiary/aromatic N) is 1. The fourth-order valence-electron chi connectivity index (χ4n) is 2.71. The number of methoxy groups -OCH3 is 1. The van der Waals surface area contributed by atoms with Gasteiger partial charge in [0.1, 0.15) is 0 Å². The van der Waals surface area contributed by atoms with Crippen LogP contribution in [0.5, 0.6) is 0 Å². The number of aliphatic imine (C=N–C) groups is 1. The number of alkyl halides is 3. The third kappa shape index (κ3) is 43.9. The van der Waals surface area contributed by atoms with Crippen molar-refractivity contribution in [2.45, 2.75) is 111 Å². The summed E-state index contributed by atoms with van der Waals surface area (Å²) in [6.45, 7) is 15.2. The summed E-state index contributed by atoms with van der Waals surface area (Å²) in [7, 11) is 1.60. The van der Waals surface area contributed by atoms with E-state index in [2.05, 4.69) is 42.5 Å². The summed E-state index contributed by atoms with van der Waals surface area (Å²) < 4.78 is 52.9. The molecule has 0 aromatic rings. The SMILES string of the molecule is C#CC.C/C=C(\COC1CCCCC1)N=COC.C=C(C)C/C=C\COC(F)(F)F.CCC.CCCOC(CO)C(=O)O. The summed E-state index contributed by atoms with van der Waals surface area (Å²) in [5, 5.41) is 16.7. The van der Waals surface area contributed by atoms with Crippen LogP contribution < -0.4 is 0 Å². The number of aliphatic hydroxyl groups is 1. The molecule has 1 rings (SSSR count). The topological polar surface area (TPSA) is 107 Å². The number of carboxylic acid groups (broad SMARTS) is 1. The summed E-state index contributed by atoms with van der Waals surface area (Å²) in [6, 6.07) is 0. The first kappa shape index (κ1) is 47.3. The maximum atomic E-state index is 11.4. The number of carbonyl (C=O) groups is 1. The van der Waals surface area contributed by atoms with E-state index in [-0.39, 0.29) is 0 Å². The monoisotopic (exact) mass is 623 g/mol. The number of carboxylic acids is 1. The molecule has 1 fully saturated rings. The number of halogens is 3. The number of hydrogen-bond donors (Lipinski definition) is 2. The zero-order valence-corrected chi connectivity index (χ0v) is 27.3. The van der Waals surface area contributed by atoms with Gasteiger partial charge in [-0.1, -0.05) is 76.8 Å². The summed E-state index contributed by atoms with van der Waals surface area (Å²) >= 11 is 0. The first-order chi connectivity index (χ1) is 20.3. The Morgan fingerprint density at radius 1 is 1.19 bits per heavy atom. The molecule has 0 bridgehead atoms. The molecule has 0 aliphatic heterocycles. The van der Waals surface area contributed by atoms with Crippen LogP contribution in [0.25, 0.3) is 0 Å². The van der Waals surface area contributed by atoms with Gasteiger partial charge in [-0.25, -0.2) is 9.79 Å². The highest BCUT2D eigenvalue weighted by Gasteiger charge is 2.27. The molecule has 2 N–H and O–H groups in total. The number of aliphatic carboxylic acids is 1. The Bertz CT molecular complexity index is 770. The van der Waals surface area contributed by atoms with Gasteiger partial charge in [0.25, 0.3) is 0 Å². The summed E-state index contributed by atoms with van der Waals surface area (Å²) in [4.78, 5) is 14.3. The van der Waals surface area contributed by atoms with Crippen LogP contribution in [0.15, 0.2) is 41.1 Å². The predicted molar refractivity (Wildman–Crippen MR) is 168 cm³/mol. The van der Waals surface area contributed by atoms with E-state index in [1.165, 1.54) is 51.0 Å². The molecule has 1 atom stereocenters. The summed E-state index contributed by atoms with van der Waals surface area (Å²) in [6.07, 6.45) is 14.7. The molecule has 8 nitrogen and oxygen atoms in total. The van der Waals surface area contributed by atoms with Crippen molar-refractivity contribution in [3.63, 3.8) is 0 Å². The van der Waals surface area contributed by atoms with Gasteiger partial charge in [0.2, 0.25) is 0 Å². The van der Waals surface area contributed by atoms with E-state index in [0.717, 1.165) is 17.7 Å². The molecule has 0 amide bonds. The van der Waals surface area contributed by atoms with E-state index < -0.39 is 31.6 Å². The molecule has 43 heavy (non-hydrogen) atoms. The molecule has 1 saturated carbocycles. The average Bonchev–Trinajstić information content (AvgIpc) is 2.95. The first-order valence-electron chi connectivity index (χ1n) is 14.5. The molecule has 252 valence electrons. The Balaban J connectivity index is -0.000000246. The molecular weight excluding hydrogens is 567 g/mol. The van der Waals surface area contributed by atoms with Crippen LogP contribution in [0.4, 0.5) is 13.2 Å². The largest absolute Gasteiger partial charge is 0.522 e. The third-order valence-electron chi connectivity index (χ3n) is 4.62. The van der Waals surface area contributed by atoms with Gasteiger partial charge >= 0.3 is 12.3 Å². The van der Waals surface area contributed by atoms with Crippen molar-refractivity contribution in [2.75, 3.05) is 33.5 Å². The Labute approximate surface area is 258 Å². The molecule has 1 unspecified atom stereocenters. The molecule has 0 aromatic heterocycles. The van der Waals surface area contributed by atoms with Gasteiger partial charge < -0.3 is 24.4 Å². The maximum Gasteiger partial charge on any atom is 0.522 e. The molecule has 0 saturated heterocycles. The van der Waals surface area contributed by atoms with Gasteiger partial charge in [-0.15, -0.1) is 25.5 Å². The average molecular weight is 624 g/mol. The summed E-state index contributed by atoms with van der Waals surface area (Å²) in [5.41, 5.74) is 1.83. The molecule has 0 spiro atoms. The minimum atomic E-state index is -4.53. The number of ether oxygens (including phenoxy) is 4. The molecule has 11 heteroatoms. The number of hydrogen-bond acceptors (Lipinski definition) is 7. The first-order valence-corrected chi connectivity index (χ1v) is 14.5. The van der Waals surface area contributed by atoms with Crippen molar-refractivity contribution in [1.82, 2.24) is 0 Å². The standard InChI is InChI=1S/C12H21NO2.C8H11F3O.C6H12O4.C3H8.C3H4/c1-3-11(13-10-14-2)9-15-12-7-5-4-6-8-12;1-7(2)5-3-4-6-12-8(9,10)11;1-2-3-10-5(4-7)6(8)9;2*1-3-2/h3,10,12H,4-9H2,1-2H3;3-4H,1,5-6H2,2H3;5,7H,2-4H2,1H3,(H,8,9);3H2,1-2H3;1H,2H3/b11-3+,13-10?;4-3-;;;. The van der Waals surface area contributed by atoms with Crippen LogP contribution in [-0.4, -0.2) is 74.7 Å². The van der Waals surface area contributed by atoms with E-state index in [1.807, 2.05) is 19.9 Å². The van der Waals surface area contributed by atoms with Gasteiger partial charge in [-0.05, 0) is 46.5 Å². The van der Waals surface area contributed by atoms with Crippen molar-refractivity contribution < 1.29 is 47.1 Å². The number of rotatable bonds is 14. The lowest BCUT2D eigenvalue weighted by Gasteiger charge is -2.21. The van der Waals surface area contributed by atoms with Crippen LogP contribution in [-0.2, 0) is 23.7 Å². The lowest BCUT2D eigenvalue weighted by atomic mass is 9.98. The van der Waals surface area contributed by atoms with Crippen LogP contribution in [0.2, 0.25) is 0 Å². The van der Waals surface area contributed by atoms with E-state index >= 15 is 0 Å². The molecule has 1 aliphatic rings. The maximum absolute atomic E-state index is 11.4. The Hall–Kier alpha value is -2.65. The third-order valence-corrected chi connectivity index (χ3v) is 4.62. The zero-order valence-electron chi connectivity index (χ0n) is 27.3. The quantitative estimate of drug-likeness (QED) is 0.0878. The minimum Gasteiger partial charge on any atom is -0.486 e. The Morgan fingerprint density at radius 3 is 2.14 bits per heavy atom. The van der Waals surface area contributed by atoms with Crippen LogP contribution in [0.3, 0.4) is 0 Å². The highest BCUT2D eigenvalue weighted by atomic mass is 19.4. The molecular formula is C32H56F3NO7. The minimum absolute atomic E-state index is 0.373. The Kier molecular flexibility index (Phi) is 39.1. The van der Waals surface area contributed by atoms with Gasteiger partial charge in [-0.3, -0.25) is 4.74 Å². The second-order valence-corrected chi connectivity index (χ2v) is 9.09. The van der Waals surface area contributed by atoms with Gasteiger partial charge in [0.15, 0.2) is 12.5 Å². The van der Waals surface area contributed by atoms with Crippen molar-refractivity contribution in [3.05, 3.63) is 36.1 Å². The normalized spacial score (nSPS) is 14.0. The van der Waals surface area contributed by atoms with Crippen molar-refractivity contribution in [1.29, 1.82) is 0 Å². The summed E-state index contributed by atoms with van der Waals surface area (Å²) in [5.74, 6) is 1.14. The van der Waals surface area contributed by atoms with E-state index in [9.17, 15) is 18.0 Å². The van der Waals surface area contributed by atoms with Gasteiger partial charge in [0, 0.05) is 6.61 Å². The number of terminal acetylenes is 1. The second-order valence-electron chi connectivity index (χ2n) is 9.09. The number of aliphatic hydroxyl groups excluding tert-OH is 1. The van der Waals surface area contributed by atoms with E-state index in [4.69, 9.17) is 24.4 Å². The van der Waals surface area contributed by atoms with Crippen LogP contribution >= 0.6 is 0 Å². The number of allylic oxidation sites excluding steroid dienone is 3. The molecule has 1 aliphatic carbocycles. The smallest absolute Gasteiger partial charge is 0.486 e. The highest BCUT2D eigenvalue weighted by molar-refractivity contribution is 5.72. The van der Waals surface area contributed by atoms with E-state index in [1.54, 1.807) is 27.0 Å². The fourth-order valence-corrected chi connectivity index (χ4v) is 2.71. The lowest BCUT2D eigenvalue weighted by molar-refractivity contribution is -0.319. The Morgan fingerprint density at radius 2 is 1.74 bits per heavy atom.